The van der Waals surface area contributed by atoms with E-state index >= 15 is 0 Å². The van der Waals surface area contributed by atoms with Crippen LogP contribution in [0.5, 0.6) is 0 Å². The number of aliphatic hydroxyl groups is 1. The van der Waals surface area contributed by atoms with Crippen LogP contribution in [0.3, 0.4) is 0 Å². The number of nitrogens with zero attached hydrogens (tertiary/aromatic N) is 4. The van der Waals surface area contributed by atoms with Crippen LogP contribution in [0.15, 0.2) is 30.5 Å². The predicted molar refractivity (Wildman–Crippen MR) is 108 cm³/mol. The molecule has 2 fully saturated rings. The van der Waals surface area contributed by atoms with E-state index in [0.717, 1.165) is 35.7 Å². The van der Waals surface area contributed by atoms with Gasteiger partial charge in [0.15, 0.2) is 0 Å². The molecule has 148 valence electrons. The highest BCUT2D eigenvalue weighted by Crippen LogP contribution is 2.25. The molecule has 1 N–H and O–H groups in total. The van der Waals surface area contributed by atoms with Gasteiger partial charge >= 0.3 is 0 Å². The summed E-state index contributed by atoms with van der Waals surface area (Å²) >= 11 is 0. The first-order valence-electron chi connectivity index (χ1n) is 10.1. The van der Waals surface area contributed by atoms with E-state index in [1.54, 1.807) is 11.1 Å². The van der Waals surface area contributed by atoms with Crippen LogP contribution in [-0.2, 0) is 0 Å². The fourth-order valence-corrected chi connectivity index (χ4v) is 4.34. The number of β-amino-alcohol motifs (C(OH)–C–C–N with tert-alkyl or cyclic N) is 1. The van der Waals surface area contributed by atoms with E-state index in [9.17, 15) is 9.90 Å². The van der Waals surface area contributed by atoms with Crippen molar-refractivity contribution in [1.29, 1.82) is 0 Å². The van der Waals surface area contributed by atoms with Crippen molar-refractivity contribution in [2.45, 2.75) is 45.3 Å². The smallest absolute Gasteiger partial charge is 0.254 e. The van der Waals surface area contributed by atoms with Crippen LogP contribution < -0.4 is 0 Å². The largest absolute Gasteiger partial charge is 0.390 e. The lowest BCUT2D eigenvalue weighted by Crippen LogP contribution is -2.46. The van der Waals surface area contributed by atoms with E-state index in [1.807, 2.05) is 38.1 Å². The number of benzene rings is 1. The molecule has 0 spiro atoms. The van der Waals surface area contributed by atoms with Crippen LogP contribution in [0.4, 0.5) is 0 Å². The lowest BCUT2D eigenvalue weighted by atomic mass is 10.1. The SMILES string of the molecule is Cc1cnc(C)c(-c2cccc(C(=O)N3C[C@H](O)[C@@H](N4CCCCC4)C3)c2)n1. The summed E-state index contributed by atoms with van der Waals surface area (Å²) in [7, 11) is 0. The molecule has 2 aliphatic rings. The number of rotatable bonds is 3. The Balaban J connectivity index is 1.53. The van der Waals surface area contributed by atoms with Gasteiger partial charge in [-0.3, -0.25) is 14.7 Å². The molecule has 0 bridgehead atoms. The van der Waals surface area contributed by atoms with Crippen LogP contribution in [-0.4, -0.2) is 69.1 Å². The Morgan fingerprint density at radius 3 is 2.71 bits per heavy atom. The number of likely N-dealkylation sites (tertiary alicyclic amines) is 2. The Morgan fingerprint density at radius 1 is 1.14 bits per heavy atom. The number of hydrogen-bond acceptors (Lipinski definition) is 5. The monoisotopic (exact) mass is 380 g/mol. The zero-order valence-electron chi connectivity index (χ0n) is 16.6. The topological polar surface area (TPSA) is 69.6 Å². The van der Waals surface area contributed by atoms with Gasteiger partial charge in [-0.15, -0.1) is 0 Å². The fourth-order valence-electron chi connectivity index (χ4n) is 4.34. The molecule has 3 heterocycles. The van der Waals surface area contributed by atoms with E-state index in [2.05, 4.69) is 14.9 Å². The maximum absolute atomic E-state index is 13.1. The summed E-state index contributed by atoms with van der Waals surface area (Å²) in [5.41, 5.74) is 4.03. The van der Waals surface area contributed by atoms with E-state index in [4.69, 9.17) is 0 Å². The maximum atomic E-state index is 13.1. The van der Waals surface area contributed by atoms with Crippen molar-refractivity contribution in [1.82, 2.24) is 19.8 Å². The summed E-state index contributed by atoms with van der Waals surface area (Å²) in [6.07, 6.45) is 4.89. The van der Waals surface area contributed by atoms with Crippen molar-refractivity contribution in [3.8, 4) is 11.3 Å². The zero-order chi connectivity index (χ0) is 19.7. The van der Waals surface area contributed by atoms with Gasteiger partial charge in [-0.05, 0) is 51.9 Å². The van der Waals surface area contributed by atoms with Gasteiger partial charge in [-0.25, -0.2) is 4.98 Å². The van der Waals surface area contributed by atoms with Gasteiger partial charge in [0, 0.05) is 30.4 Å². The fraction of sp³-hybridized carbons (Fsp3) is 0.500. The van der Waals surface area contributed by atoms with Gasteiger partial charge in [0.05, 0.1) is 29.2 Å². The number of hydrogen-bond donors (Lipinski definition) is 1. The molecule has 1 aromatic heterocycles. The number of amides is 1. The van der Waals surface area contributed by atoms with E-state index < -0.39 is 6.10 Å². The molecule has 2 saturated heterocycles. The van der Waals surface area contributed by atoms with Gasteiger partial charge in [0.2, 0.25) is 0 Å². The first-order chi connectivity index (χ1) is 13.5. The lowest BCUT2D eigenvalue weighted by Gasteiger charge is -2.33. The van der Waals surface area contributed by atoms with Crippen molar-refractivity contribution < 1.29 is 9.90 Å². The van der Waals surface area contributed by atoms with Gasteiger partial charge in [-0.2, -0.15) is 0 Å². The quantitative estimate of drug-likeness (QED) is 0.886. The Bertz CT molecular complexity index is 863. The molecule has 0 radical (unpaired) electrons. The predicted octanol–water partition coefficient (Wildman–Crippen LogP) is 2.43. The van der Waals surface area contributed by atoms with Gasteiger partial charge in [0.1, 0.15) is 0 Å². The Kier molecular flexibility index (Phi) is 5.42. The van der Waals surface area contributed by atoms with Gasteiger partial charge in [0.25, 0.3) is 5.91 Å². The van der Waals surface area contributed by atoms with Gasteiger partial charge in [-0.1, -0.05) is 18.6 Å². The molecule has 2 aromatic rings. The van der Waals surface area contributed by atoms with Crippen molar-refractivity contribution in [2.24, 2.45) is 0 Å². The molecule has 6 heteroatoms. The molecular formula is C22H28N4O2. The summed E-state index contributed by atoms with van der Waals surface area (Å²) in [6.45, 7) is 6.86. The lowest BCUT2D eigenvalue weighted by molar-refractivity contribution is 0.0702. The second-order valence-electron chi connectivity index (χ2n) is 7.97. The number of aliphatic hydroxyl groups excluding tert-OH is 1. The average molecular weight is 380 g/mol. The minimum Gasteiger partial charge on any atom is -0.390 e. The molecule has 2 atom stereocenters. The second kappa shape index (κ2) is 7.97. The summed E-state index contributed by atoms with van der Waals surface area (Å²) < 4.78 is 0. The molecule has 2 aliphatic heterocycles. The first kappa shape index (κ1) is 19.0. The Hall–Kier alpha value is -2.31. The van der Waals surface area contributed by atoms with Crippen molar-refractivity contribution >= 4 is 5.91 Å². The highest BCUT2D eigenvalue weighted by Gasteiger charge is 2.38. The summed E-state index contributed by atoms with van der Waals surface area (Å²) in [5, 5.41) is 10.6. The Labute approximate surface area is 166 Å². The van der Waals surface area contributed by atoms with Gasteiger partial charge < -0.3 is 10.0 Å². The number of carbonyl (C=O) groups is 1. The minimum absolute atomic E-state index is 0.0290. The van der Waals surface area contributed by atoms with Crippen molar-refractivity contribution in [2.75, 3.05) is 26.2 Å². The average Bonchev–Trinajstić information content (AvgIpc) is 3.11. The third-order valence-corrected chi connectivity index (χ3v) is 5.86. The van der Waals surface area contributed by atoms with E-state index in [0.29, 0.717) is 18.7 Å². The molecule has 4 rings (SSSR count). The number of aryl methyl sites for hydroxylation is 2. The minimum atomic E-state index is -0.477. The molecular weight excluding hydrogens is 352 g/mol. The second-order valence-corrected chi connectivity index (χ2v) is 7.97. The molecule has 1 amide bonds. The third-order valence-electron chi connectivity index (χ3n) is 5.86. The molecule has 1 aromatic carbocycles. The van der Waals surface area contributed by atoms with Crippen LogP contribution in [0.25, 0.3) is 11.3 Å². The highest BCUT2D eigenvalue weighted by atomic mass is 16.3. The number of piperidine rings is 1. The van der Waals surface area contributed by atoms with Crippen LogP contribution >= 0.6 is 0 Å². The third kappa shape index (κ3) is 3.80. The van der Waals surface area contributed by atoms with Crippen molar-refractivity contribution in [3.63, 3.8) is 0 Å². The molecule has 28 heavy (non-hydrogen) atoms. The van der Waals surface area contributed by atoms with Crippen LogP contribution in [0.1, 0.15) is 41.0 Å². The van der Waals surface area contributed by atoms with Crippen molar-refractivity contribution in [3.05, 3.63) is 47.4 Å². The van der Waals surface area contributed by atoms with Crippen LogP contribution in [0.2, 0.25) is 0 Å². The molecule has 0 unspecified atom stereocenters. The summed E-state index contributed by atoms with van der Waals surface area (Å²) in [5.74, 6) is -0.0290. The maximum Gasteiger partial charge on any atom is 0.254 e. The number of aromatic nitrogens is 2. The highest BCUT2D eigenvalue weighted by molar-refractivity contribution is 5.95. The number of carbonyl (C=O) groups excluding carboxylic acids is 1. The standard InChI is InChI=1S/C22H28N4O2/c1-15-12-23-16(2)21(24-15)17-7-6-8-18(11-17)22(28)26-13-19(20(27)14-26)25-9-4-3-5-10-25/h6-8,11-12,19-20,27H,3-5,9-10,13-14H2,1-2H3/t19-,20-/m0/s1. The molecule has 6 nitrogen and oxygen atoms in total. The molecule has 0 saturated carbocycles. The van der Waals surface area contributed by atoms with Crippen LogP contribution in [0, 0.1) is 13.8 Å². The normalized spacial score (nSPS) is 23.2. The Morgan fingerprint density at radius 2 is 1.93 bits per heavy atom. The zero-order valence-corrected chi connectivity index (χ0v) is 16.6. The van der Waals surface area contributed by atoms with E-state index in [1.165, 1.54) is 19.3 Å². The summed E-state index contributed by atoms with van der Waals surface area (Å²) in [4.78, 5) is 26.2. The molecule has 0 aliphatic carbocycles. The first-order valence-corrected chi connectivity index (χ1v) is 10.1. The summed E-state index contributed by atoms with van der Waals surface area (Å²) in [6, 6.07) is 7.63. The van der Waals surface area contributed by atoms with E-state index in [-0.39, 0.29) is 11.9 Å².